The summed E-state index contributed by atoms with van der Waals surface area (Å²) in [5, 5.41) is 4.87. The number of cyclic esters (lactones) is 1. The lowest BCUT2D eigenvalue weighted by molar-refractivity contribution is -0.171. The molecule has 3 aliphatic heterocycles. The van der Waals surface area contributed by atoms with Crippen LogP contribution >= 0.6 is 0 Å². The van der Waals surface area contributed by atoms with E-state index >= 15 is 0 Å². The van der Waals surface area contributed by atoms with Gasteiger partial charge in [0.05, 0.1) is 13.1 Å². The number of hydrogen-bond donors (Lipinski definition) is 2. The van der Waals surface area contributed by atoms with Crippen molar-refractivity contribution in [2.75, 3.05) is 32.8 Å². The zero-order valence-corrected chi connectivity index (χ0v) is 14.6. The van der Waals surface area contributed by atoms with E-state index in [1.165, 1.54) is 0 Å². The minimum absolute atomic E-state index is 0.0729. The van der Waals surface area contributed by atoms with E-state index in [1.807, 2.05) is 0 Å². The molecule has 11 heteroatoms. The van der Waals surface area contributed by atoms with Crippen LogP contribution in [0.5, 0.6) is 0 Å². The Morgan fingerprint density at radius 1 is 1.15 bits per heavy atom. The van der Waals surface area contributed by atoms with Crippen molar-refractivity contribution in [3.63, 3.8) is 0 Å². The number of nitrogens with zero attached hydrogens (tertiary/aromatic N) is 2. The van der Waals surface area contributed by atoms with Crippen LogP contribution in [-0.4, -0.2) is 77.9 Å². The Balaban J connectivity index is 1.24. The molecule has 4 rings (SSSR count). The van der Waals surface area contributed by atoms with Gasteiger partial charge in [-0.3, -0.25) is 4.79 Å². The Morgan fingerprint density at radius 2 is 1.78 bits per heavy atom. The van der Waals surface area contributed by atoms with E-state index in [9.17, 15) is 27.6 Å². The molecule has 8 nitrogen and oxygen atoms in total. The molecule has 0 bridgehead atoms. The lowest BCUT2D eigenvalue weighted by atomic mass is 9.91. The summed E-state index contributed by atoms with van der Waals surface area (Å²) in [4.78, 5) is 39.0. The Bertz CT molecular complexity index is 665. The second-order valence-corrected chi connectivity index (χ2v) is 7.95. The van der Waals surface area contributed by atoms with E-state index in [2.05, 4.69) is 10.6 Å². The average Bonchev–Trinajstić information content (AvgIpc) is 3.27. The van der Waals surface area contributed by atoms with Crippen molar-refractivity contribution >= 4 is 18.0 Å². The maximum absolute atomic E-state index is 13.0. The molecule has 0 aromatic carbocycles. The number of alkyl carbamates (subject to hydrolysis) is 1. The number of piperidine rings is 1. The fourth-order valence-electron chi connectivity index (χ4n) is 3.96. The first-order valence-electron chi connectivity index (χ1n) is 9.01. The SMILES string of the molecule is O=C1NC2(CO1)CN(C(=O)N1CCC(C(=O)NC3(C(F)(F)F)CC3)CC1)C2. The number of amides is 4. The third-order valence-corrected chi connectivity index (χ3v) is 5.90. The smallest absolute Gasteiger partial charge is 0.411 e. The fourth-order valence-corrected chi connectivity index (χ4v) is 3.96. The molecular weight excluding hydrogens is 369 g/mol. The van der Waals surface area contributed by atoms with E-state index in [0.717, 1.165) is 0 Å². The second-order valence-electron chi connectivity index (χ2n) is 7.95. The molecule has 0 unspecified atom stereocenters. The molecule has 0 aromatic rings. The summed E-state index contributed by atoms with van der Waals surface area (Å²) in [5.74, 6) is -1.09. The summed E-state index contributed by atoms with van der Waals surface area (Å²) in [6, 6.07) is -0.186. The highest BCUT2D eigenvalue weighted by Crippen LogP contribution is 2.49. The van der Waals surface area contributed by atoms with E-state index < -0.39 is 35.2 Å². The van der Waals surface area contributed by atoms with Crippen LogP contribution in [0.2, 0.25) is 0 Å². The van der Waals surface area contributed by atoms with Crippen LogP contribution in [0.25, 0.3) is 0 Å². The van der Waals surface area contributed by atoms with Crippen LogP contribution in [0.3, 0.4) is 0 Å². The monoisotopic (exact) mass is 390 g/mol. The molecule has 0 radical (unpaired) electrons. The second kappa shape index (κ2) is 5.90. The van der Waals surface area contributed by atoms with Crippen molar-refractivity contribution < 1.29 is 32.3 Å². The highest BCUT2D eigenvalue weighted by molar-refractivity contribution is 5.81. The molecule has 2 N–H and O–H groups in total. The number of nitrogens with one attached hydrogen (secondary N) is 2. The first kappa shape index (κ1) is 18.2. The van der Waals surface area contributed by atoms with E-state index in [4.69, 9.17) is 4.74 Å². The van der Waals surface area contributed by atoms with Gasteiger partial charge in [0.15, 0.2) is 0 Å². The summed E-state index contributed by atoms with van der Waals surface area (Å²) in [5.41, 5.74) is -2.54. The number of halogens is 3. The summed E-state index contributed by atoms with van der Waals surface area (Å²) in [7, 11) is 0. The van der Waals surface area contributed by atoms with Gasteiger partial charge in [-0.05, 0) is 25.7 Å². The molecule has 4 fully saturated rings. The van der Waals surface area contributed by atoms with Crippen LogP contribution in [0.1, 0.15) is 25.7 Å². The van der Waals surface area contributed by atoms with Gasteiger partial charge in [-0.1, -0.05) is 0 Å². The van der Waals surface area contributed by atoms with E-state index in [-0.39, 0.29) is 25.5 Å². The van der Waals surface area contributed by atoms with Gasteiger partial charge in [0, 0.05) is 19.0 Å². The summed E-state index contributed by atoms with van der Waals surface area (Å²) in [6.45, 7) is 1.61. The molecule has 150 valence electrons. The van der Waals surface area contributed by atoms with Crippen LogP contribution in [0.4, 0.5) is 22.8 Å². The van der Waals surface area contributed by atoms with Crippen LogP contribution in [-0.2, 0) is 9.53 Å². The number of rotatable bonds is 2. The van der Waals surface area contributed by atoms with E-state index in [1.54, 1.807) is 9.80 Å². The van der Waals surface area contributed by atoms with Gasteiger partial charge < -0.3 is 25.2 Å². The summed E-state index contributed by atoms with van der Waals surface area (Å²) < 4.78 is 43.8. The third-order valence-electron chi connectivity index (χ3n) is 5.90. The third kappa shape index (κ3) is 3.16. The first-order valence-corrected chi connectivity index (χ1v) is 9.01. The summed E-state index contributed by atoms with van der Waals surface area (Å²) >= 11 is 0. The molecule has 1 spiro atoms. The molecule has 4 aliphatic rings. The minimum atomic E-state index is -4.42. The topological polar surface area (TPSA) is 91.0 Å². The van der Waals surface area contributed by atoms with Gasteiger partial charge in [0.2, 0.25) is 5.91 Å². The Hall–Kier alpha value is -2.20. The standard InChI is InChI=1S/C16H21F3N4O4/c17-16(18,19)15(3-4-15)20-11(24)10-1-5-22(6-2-10)13(26)23-7-14(8-23)9-27-12(25)21-14/h10H,1-9H2,(H,20,24)(H,21,25). The predicted octanol–water partition coefficient (Wildman–Crippen LogP) is 0.824. The maximum atomic E-state index is 13.0. The number of alkyl halides is 3. The van der Waals surface area contributed by atoms with Gasteiger partial charge in [0.1, 0.15) is 17.7 Å². The lowest BCUT2D eigenvalue weighted by Gasteiger charge is -2.48. The maximum Gasteiger partial charge on any atom is 0.411 e. The van der Waals surface area contributed by atoms with Crippen molar-refractivity contribution in [2.24, 2.45) is 5.92 Å². The molecule has 27 heavy (non-hydrogen) atoms. The molecule has 3 heterocycles. The Morgan fingerprint density at radius 3 is 2.26 bits per heavy atom. The van der Waals surface area contributed by atoms with Gasteiger partial charge in [0.25, 0.3) is 0 Å². The van der Waals surface area contributed by atoms with Gasteiger partial charge in [-0.15, -0.1) is 0 Å². The fraction of sp³-hybridized carbons (Fsp3) is 0.812. The number of ether oxygens (including phenoxy) is 1. The number of urea groups is 1. The predicted molar refractivity (Wildman–Crippen MR) is 84.6 cm³/mol. The largest absolute Gasteiger partial charge is 0.447 e. The zero-order valence-electron chi connectivity index (χ0n) is 14.6. The normalized spacial score (nSPS) is 26.3. The molecule has 3 saturated heterocycles. The van der Waals surface area contributed by atoms with Crippen LogP contribution < -0.4 is 10.6 Å². The van der Waals surface area contributed by atoms with Crippen LogP contribution in [0, 0.1) is 5.92 Å². The minimum Gasteiger partial charge on any atom is -0.447 e. The van der Waals surface area contributed by atoms with E-state index in [0.29, 0.717) is 39.0 Å². The number of carbonyl (C=O) groups excluding carboxylic acids is 3. The van der Waals surface area contributed by atoms with Crippen molar-refractivity contribution in [2.45, 2.75) is 42.9 Å². The molecule has 1 aliphatic carbocycles. The van der Waals surface area contributed by atoms with Crippen LogP contribution in [0.15, 0.2) is 0 Å². The molecule has 1 saturated carbocycles. The van der Waals surface area contributed by atoms with Gasteiger partial charge in [-0.25, -0.2) is 9.59 Å². The van der Waals surface area contributed by atoms with Crippen molar-refractivity contribution in [1.29, 1.82) is 0 Å². The highest BCUT2D eigenvalue weighted by atomic mass is 19.4. The number of likely N-dealkylation sites (tertiary alicyclic amines) is 2. The quantitative estimate of drug-likeness (QED) is 0.731. The Kier molecular flexibility index (Phi) is 3.97. The average molecular weight is 390 g/mol. The Labute approximate surface area is 153 Å². The first-order chi connectivity index (χ1) is 12.6. The van der Waals surface area contributed by atoms with Crippen molar-refractivity contribution in [3.05, 3.63) is 0 Å². The van der Waals surface area contributed by atoms with Gasteiger partial charge in [-0.2, -0.15) is 13.2 Å². The molecule has 4 amide bonds. The molecule has 0 aromatic heterocycles. The number of carbonyl (C=O) groups is 3. The van der Waals surface area contributed by atoms with Crippen molar-refractivity contribution in [1.82, 2.24) is 20.4 Å². The number of hydrogen-bond acceptors (Lipinski definition) is 4. The molecular formula is C16H21F3N4O4. The lowest BCUT2D eigenvalue weighted by Crippen LogP contribution is -2.71. The summed E-state index contributed by atoms with van der Waals surface area (Å²) in [6.07, 6.45) is -4.38. The highest BCUT2D eigenvalue weighted by Gasteiger charge is 2.64. The van der Waals surface area contributed by atoms with Crippen molar-refractivity contribution in [3.8, 4) is 0 Å². The molecule has 0 atom stereocenters. The van der Waals surface area contributed by atoms with Gasteiger partial charge >= 0.3 is 18.3 Å². The zero-order chi connectivity index (χ0) is 19.4.